The summed E-state index contributed by atoms with van der Waals surface area (Å²) >= 11 is 7.30. The van der Waals surface area contributed by atoms with Crippen molar-refractivity contribution in [3.05, 3.63) is 23.2 Å². The van der Waals surface area contributed by atoms with Crippen LogP contribution < -0.4 is 10.6 Å². The monoisotopic (exact) mass is 296 g/mol. The van der Waals surface area contributed by atoms with E-state index < -0.39 is 0 Å². The normalized spacial score (nSPS) is 21.5. The fourth-order valence-corrected chi connectivity index (χ4v) is 3.20. The summed E-state index contributed by atoms with van der Waals surface area (Å²) in [5, 5.41) is 5.92. The Morgan fingerprint density at radius 2 is 2.26 bits per heavy atom. The van der Waals surface area contributed by atoms with Gasteiger partial charge in [0.2, 0.25) is 11.8 Å². The van der Waals surface area contributed by atoms with Gasteiger partial charge in [0.05, 0.1) is 10.9 Å². The predicted octanol–water partition coefficient (Wildman–Crippen LogP) is 2.42. The molecule has 1 aromatic rings. The van der Waals surface area contributed by atoms with Gasteiger partial charge >= 0.3 is 0 Å². The second-order valence-corrected chi connectivity index (χ2v) is 6.46. The van der Waals surface area contributed by atoms with E-state index in [1.807, 2.05) is 6.07 Å². The highest BCUT2D eigenvalue weighted by molar-refractivity contribution is 8.01. The summed E-state index contributed by atoms with van der Waals surface area (Å²) in [6, 6.07) is 5.71. The number of carbonyl (C=O) groups excluding carboxylic acids is 2. The molecule has 0 bridgehead atoms. The van der Waals surface area contributed by atoms with Gasteiger partial charge in [0.1, 0.15) is 0 Å². The third-order valence-corrected chi connectivity index (χ3v) is 4.58. The topological polar surface area (TPSA) is 58.2 Å². The Morgan fingerprint density at radius 1 is 1.47 bits per heavy atom. The van der Waals surface area contributed by atoms with Crippen LogP contribution >= 0.6 is 23.4 Å². The van der Waals surface area contributed by atoms with Crippen LogP contribution in [0.2, 0.25) is 5.02 Å². The van der Waals surface area contributed by atoms with Crippen LogP contribution in [-0.2, 0) is 9.59 Å². The Hall–Kier alpha value is -1.20. The minimum atomic E-state index is -0.368. The van der Waals surface area contributed by atoms with E-state index >= 15 is 0 Å². The number of hydrogen-bond acceptors (Lipinski definition) is 3. The van der Waals surface area contributed by atoms with Gasteiger partial charge in [-0.25, -0.2) is 0 Å². The lowest BCUT2D eigenvalue weighted by molar-refractivity contribution is -0.124. The fourth-order valence-electron chi connectivity index (χ4n) is 1.94. The molecule has 1 heterocycles. The molecule has 1 aliphatic carbocycles. The number of fused-ring (bicyclic) bond motifs is 1. The van der Waals surface area contributed by atoms with Crippen molar-refractivity contribution in [2.24, 2.45) is 0 Å². The van der Waals surface area contributed by atoms with Crippen LogP contribution in [0.4, 0.5) is 5.69 Å². The molecular weight excluding hydrogens is 284 g/mol. The van der Waals surface area contributed by atoms with Crippen molar-refractivity contribution in [3.8, 4) is 0 Å². The number of rotatable bonds is 3. The summed E-state index contributed by atoms with van der Waals surface area (Å²) in [5.74, 6) is -0.182. The minimum absolute atomic E-state index is 0.0486. The zero-order chi connectivity index (χ0) is 13.4. The van der Waals surface area contributed by atoms with Gasteiger partial charge in [-0.1, -0.05) is 11.6 Å². The molecule has 2 amide bonds. The highest BCUT2D eigenvalue weighted by Gasteiger charge is 2.31. The van der Waals surface area contributed by atoms with Gasteiger partial charge in [0.25, 0.3) is 0 Å². The Labute approximate surface area is 120 Å². The van der Waals surface area contributed by atoms with Gasteiger partial charge in [0, 0.05) is 22.4 Å². The first-order valence-corrected chi connectivity index (χ1v) is 7.44. The average Bonchev–Trinajstić information content (AvgIpc) is 3.14. The average molecular weight is 297 g/mol. The molecule has 19 heavy (non-hydrogen) atoms. The number of amides is 2. The van der Waals surface area contributed by atoms with E-state index in [1.54, 1.807) is 12.1 Å². The first kappa shape index (κ1) is 12.8. The van der Waals surface area contributed by atoms with Gasteiger partial charge in [-0.2, -0.15) is 0 Å². The first-order chi connectivity index (χ1) is 9.11. The molecule has 1 atom stereocenters. The highest BCUT2D eigenvalue weighted by atomic mass is 35.5. The zero-order valence-corrected chi connectivity index (χ0v) is 11.7. The minimum Gasteiger partial charge on any atom is -0.353 e. The molecule has 1 saturated carbocycles. The zero-order valence-electron chi connectivity index (χ0n) is 10.1. The molecule has 0 saturated heterocycles. The van der Waals surface area contributed by atoms with E-state index in [9.17, 15) is 9.59 Å². The van der Waals surface area contributed by atoms with Crippen LogP contribution in [0.25, 0.3) is 0 Å². The molecule has 1 aromatic carbocycles. The third-order valence-electron chi connectivity index (χ3n) is 3.07. The number of hydrogen-bond donors (Lipinski definition) is 2. The largest absolute Gasteiger partial charge is 0.353 e. The van der Waals surface area contributed by atoms with Crippen molar-refractivity contribution in [2.45, 2.75) is 35.4 Å². The van der Waals surface area contributed by atoms with Crippen molar-refractivity contribution in [1.29, 1.82) is 0 Å². The molecule has 100 valence electrons. The predicted molar refractivity (Wildman–Crippen MR) is 75.5 cm³/mol. The molecule has 1 aliphatic heterocycles. The smallest absolute Gasteiger partial charge is 0.238 e. The van der Waals surface area contributed by atoms with Crippen molar-refractivity contribution in [2.75, 3.05) is 5.32 Å². The van der Waals surface area contributed by atoms with Gasteiger partial charge in [-0.05, 0) is 31.0 Å². The van der Waals surface area contributed by atoms with E-state index in [1.165, 1.54) is 11.8 Å². The van der Waals surface area contributed by atoms with E-state index in [0.717, 1.165) is 23.4 Å². The van der Waals surface area contributed by atoms with Gasteiger partial charge in [-0.15, -0.1) is 11.8 Å². The van der Waals surface area contributed by atoms with Crippen LogP contribution in [0.5, 0.6) is 0 Å². The molecule has 4 nitrogen and oxygen atoms in total. The number of anilines is 1. The van der Waals surface area contributed by atoms with E-state index in [2.05, 4.69) is 10.6 Å². The third kappa shape index (κ3) is 3.04. The molecule has 0 aromatic heterocycles. The Kier molecular flexibility index (Phi) is 3.41. The number of thioether (sulfide) groups is 1. The van der Waals surface area contributed by atoms with Gasteiger partial charge < -0.3 is 10.6 Å². The Morgan fingerprint density at radius 3 is 3.00 bits per heavy atom. The second kappa shape index (κ2) is 5.06. The van der Waals surface area contributed by atoms with E-state index in [-0.39, 0.29) is 23.5 Å². The Balaban J connectivity index is 1.68. The molecule has 3 rings (SSSR count). The summed E-state index contributed by atoms with van der Waals surface area (Å²) < 4.78 is 0. The van der Waals surface area contributed by atoms with Gasteiger partial charge in [0.15, 0.2) is 0 Å². The maximum absolute atomic E-state index is 12.0. The molecule has 1 fully saturated rings. The quantitative estimate of drug-likeness (QED) is 0.900. The summed E-state index contributed by atoms with van der Waals surface area (Å²) in [6.07, 6.45) is 2.32. The van der Waals surface area contributed by atoms with Crippen LogP contribution in [0.1, 0.15) is 19.3 Å². The first-order valence-electron chi connectivity index (χ1n) is 6.18. The lowest BCUT2D eigenvalue weighted by Crippen LogP contribution is -2.35. The maximum Gasteiger partial charge on any atom is 0.238 e. The number of benzene rings is 1. The standard InChI is InChI=1S/C13H13ClN2O2S/c14-7-1-4-10-9(5-7)16-13(18)11(19-10)6-12(17)15-8-2-3-8/h1,4-5,8,11H,2-3,6H2,(H,15,17)(H,16,18)/t11-/m1/s1. The molecule has 2 aliphatic rings. The lowest BCUT2D eigenvalue weighted by atomic mass is 10.2. The van der Waals surface area contributed by atoms with E-state index in [4.69, 9.17) is 11.6 Å². The molecule has 0 radical (unpaired) electrons. The van der Waals surface area contributed by atoms with Crippen molar-refractivity contribution >= 4 is 40.9 Å². The summed E-state index contributed by atoms with van der Waals surface area (Å²) in [4.78, 5) is 24.7. The number of nitrogens with one attached hydrogen (secondary N) is 2. The summed E-state index contributed by atoms with van der Waals surface area (Å²) in [5.41, 5.74) is 0.723. The molecular formula is C13H13ClN2O2S. The number of carbonyl (C=O) groups is 2. The molecule has 0 spiro atoms. The fraction of sp³-hybridized carbons (Fsp3) is 0.385. The van der Waals surface area contributed by atoms with Crippen LogP contribution in [0.15, 0.2) is 23.1 Å². The van der Waals surface area contributed by atoms with Crippen LogP contribution in [0, 0.1) is 0 Å². The highest BCUT2D eigenvalue weighted by Crippen LogP contribution is 2.38. The summed E-state index contributed by atoms with van der Waals surface area (Å²) in [7, 11) is 0. The summed E-state index contributed by atoms with van der Waals surface area (Å²) in [6.45, 7) is 0. The second-order valence-electron chi connectivity index (χ2n) is 4.78. The SMILES string of the molecule is O=C(C[C@H]1Sc2ccc(Cl)cc2NC1=O)NC1CC1. The van der Waals surface area contributed by atoms with Crippen LogP contribution in [0.3, 0.4) is 0 Å². The van der Waals surface area contributed by atoms with Crippen molar-refractivity contribution < 1.29 is 9.59 Å². The molecule has 2 N–H and O–H groups in total. The van der Waals surface area contributed by atoms with Crippen LogP contribution in [-0.4, -0.2) is 23.1 Å². The molecule has 6 heteroatoms. The lowest BCUT2D eigenvalue weighted by Gasteiger charge is -2.23. The van der Waals surface area contributed by atoms with Gasteiger partial charge in [-0.3, -0.25) is 9.59 Å². The Bertz CT molecular complexity index is 545. The van der Waals surface area contributed by atoms with Crippen molar-refractivity contribution in [3.63, 3.8) is 0 Å². The van der Waals surface area contributed by atoms with E-state index in [0.29, 0.717) is 11.1 Å². The maximum atomic E-state index is 12.0. The molecule has 0 unspecified atom stereocenters. The number of halogens is 1. The van der Waals surface area contributed by atoms with Crippen molar-refractivity contribution in [1.82, 2.24) is 5.32 Å².